The zero-order valence-corrected chi connectivity index (χ0v) is 21.2. The minimum absolute atomic E-state index is 0.339. The van der Waals surface area contributed by atoms with Crippen molar-refractivity contribution in [3.05, 3.63) is 27.8 Å². The van der Waals surface area contributed by atoms with E-state index in [9.17, 15) is 8.42 Å². The molecule has 1 aromatic carbocycles. The number of rotatable bonds is 16. The first-order chi connectivity index (χ1) is 14.2. The van der Waals surface area contributed by atoms with Crippen LogP contribution in [0, 0.1) is 27.7 Å². The Morgan fingerprint density at radius 2 is 0.967 bits per heavy atom. The second kappa shape index (κ2) is 14.2. The molecular weight excluding hydrogens is 390 g/mol. The van der Waals surface area contributed by atoms with E-state index in [1.54, 1.807) is 0 Å². The van der Waals surface area contributed by atoms with Crippen LogP contribution >= 0.6 is 0 Å². The molecule has 0 spiro atoms. The lowest BCUT2D eigenvalue weighted by Gasteiger charge is -2.19. The quantitative estimate of drug-likeness (QED) is 0.271. The van der Waals surface area contributed by atoms with E-state index in [1.807, 2.05) is 20.8 Å². The number of sulfonamides is 1. The van der Waals surface area contributed by atoms with E-state index in [1.165, 1.54) is 94.6 Å². The van der Waals surface area contributed by atoms with Gasteiger partial charge in [0.1, 0.15) is 0 Å². The first-order valence-electron chi connectivity index (χ1n) is 12.3. The molecule has 1 rings (SSSR count). The van der Waals surface area contributed by atoms with Crippen molar-refractivity contribution in [2.45, 2.75) is 136 Å². The Kier molecular flexibility index (Phi) is 12.9. The summed E-state index contributed by atoms with van der Waals surface area (Å²) in [6.07, 6.45) is 19.8. The van der Waals surface area contributed by atoms with E-state index < -0.39 is 10.0 Å². The van der Waals surface area contributed by atoms with E-state index in [-0.39, 0.29) is 0 Å². The Bertz CT molecular complexity index is 738. The van der Waals surface area contributed by atoms with Gasteiger partial charge in [-0.15, -0.1) is 0 Å². The van der Waals surface area contributed by atoms with Crippen LogP contribution < -0.4 is 5.14 Å². The van der Waals surface area contributed by atoms with Crippen molar-refractivity contribution in [3.8, 4) is 0 Å². The van der Waals surface area contributed by atoms with E-state index in [0.29, 0.717) is 4.90 Å². The van der Waals surface area contributed by atoms with E-state index in [4.69, 9.17) is 5.14 Å². The number of primary sulfonamides is 1. The highest BCUT2D eigenvalue weighted by atomic mass is 32.2. The molecule has 0 amide bonds. The van der Waals surface area contributed by atoms with Crippen LogP contribution in [0.3, 0.4) is 0 Å². The molecule has 174 valence electrons. The van der Waals surface area contributed by atoms with Crippen molar-refractivity contribution in [1.82, 2.24) is 0 Å². The van der Waals surface area contributed by atoms with Gasteiger partial charge in [-0.25, -0.2) is 13.6 Å². The van der Waals surface area contributed by atoms with Crippen molar-refractivity contribution in [1.29, 1.82) is 0 Å². The minimum atomic E-state index is -3.68. The number of hydrogen-bond acceptors (Lipinski definition) is 2. The topological polar surface area (TPSA) is 60.2 Å². The zero-order chi connectivity index (χ0) is 22.6. The molecule has 0 aromatic heterocycles. The highest BCUT2D eigenvalue weighted by Gasteiger charge is 2.21. The maximum absolute atomic E-state index is 12.1. The highest BCUT2D eigenvalue weighted by Crippen LogP contribution is 2.30. The smallest absolute Gasteiger partial charge is 0.225 e. The van der Waals surface area contributed by atoms with Gasteiger partial charge in [0.25, 0.3) is 0 Å². The molecule has 0 aliphatic carbocycles. The first-order valence-corrected chi connectivity index (χ1v) is 13.9. The molecule has 0 aliphatic heterocycles. The molecule has 0 atom stereocenters. The van der Waals surface area contributed by atoms with Crippen LogP contribution in [0.2, 0.25) is 0 Å². The molecule has 0 radical (unpaired) electrons. The summed E-state index contributed by atoms with van der Waals surface area (Å²) in [7, 11) is -3.68. The lowest BCUT2D eigenvalue weighted by molar-refractivity contribution is 0.535. The van der Waals surface area contributed by atoms with Gasteiger partial charge in [-0.1, -0.05) is 90.4 Å². The van der Waals surface area contributed by atoms with Crippen LogP contribution in [0.4, 0.5) is 0 Å². The van der Waals surface area contributed by atoms with Gasteiger partial charge in [-0.3, -0.25) is 0 Å². The maximum atomic E-state index is 12.1. The lowest BCUT2D eigenvalue weighted by atomic mass is 9.91. The molecule has 0 aliphatic rings. The predicted octanol–water partition coefficient (Wildman–Crippen LogP) is 7.59. The number of nitrogens with two attached hydrogens (primary N) is 1. The molecule has 0 bridgehead atoms. The number of unbranched alkanes of at least 4 members (excludes halogenated alkanes) is 13. The van der Waals surface area contributed by atoms with Crippen LogP contribution in [0.25, 0.3) is 0 Å². The Morgan fingerprint density at radius 1 is 0.567 bits per heavy atom. The van der Waals surface area contributed by atoms with E-state index >= 15 is 0 Å². The molecule has 2 N–H and O–H groups in total. The summed E-state index contributed by atoms with van der Waals surface area (Å²) in [6, 6.07) is 0. The fourth-order valence-electron chi connectivity index (χ4n) is 4.68. The van der Waals surface area contributed by atoms with Crippen LogP contribution in [0.1, 0.15) is 125 Å². The summed E-state index contributed by atoms with van der Waals surface area (Å²) < 4.78 is 24.1. The van der Waals surface area contributed by atoms with Gasteiger partial charge >= 0.3 is 0 Å². The second-order valence-corrected chi connectivity index (χ2v) is 10.7. The van der Waals surface area contributed by atoms with E-state index in [2.05, 4.69) is 13.8 Å². The fraction of sp³-hybridized carbons (Fsp3) is 0.769. The molecule has 0 heterocycles. The second-order valence-electron chi connectivity index (χ2n) is 9.20. The van der Waals surface area contributed by atoms with Gasteiger partial charge in [0, 0.05) is 0 Å². The lowest BCUT2D eigenvalue weighted by Crippen LogP contribution is -2.18. The molecule has 3 nitrogen and oxygen atoms in total. The average molecular weight is 438 g/mol. The van der Waals surface area contributed by atoms with Crippen LogP contribution in [-0.4, -0.2) is 8.42 Å². The maximum Gasteiger partial charge on any atom is 0.238 e. The Labute approximate surface area is 187 Å². The number of benzene rings is 1. The summed E-state index contributed by atoms with van der Waals surface area (Å²) in [6.45, 7) is 10.2. The third-order valence-corrected chi connectivity index (χ3v) is 7.96. The van der Waals surface area contributed by atoms with Gasteiger partial charge in [0.2, 0.25) is 10.0 Å². The van der Waals surface area contributed by atoms with Crippen molar-refractivity contribution in [2.24, 2.45) is 5.14 Å². The van der Waals surface area contributed by atoms with Gasteiger partial charge in [-0.2, -0.15) is 0 Å². The molecule has 0 saturated heterocycles. The summed E-state index contributed by atoms with van der Waals surface area (Å²) in [5, 5.41) is 5.50. The molecular formula is C26H47NO2S. The van der Waals surface area contributed by atoms with Crippen molar-refractivity contribution in [3.63, 3.8) is 0 Å². The largest absolute Gasteiger partial charge is 0.238 e. The average Bonchev–Trinajstić information content (AvgIpc) is 2.67. The SMILES string of the molecule is CCCCCCCCCCCCCCCCc1c(C)c(C)c(C)c(S(N)(=O)=O)c1C. The van der Waals surface area contributed by atoms with Gasteiger partial charge in [0.05, 0.1) is 4.90 Å². The molecule has 0 saturated carbocycles. The van der Waals surface area contributed by atoms with Crippen molar-refractivity contribution >= 4 is 10.0 Å². The summed E-state index contributed by atoms with van der Waals surface area (Å²) in [5.41, 5.74) is 5.13. The molecule has 0 unspecified atom stereocenters. The van der Waals surface area contributed by atoms with Crippen LogP contribution in [-0.2, 0) is 16.4 Å². The van der Waals surface area contributed by atoms with Gasteiger partial charge in [0.15, 0.2) is 0 Å². The standard InChI is InChI=1S/C26H47NO2S/c1-6-7-8-9-10-11-12-13-14-15-16-17-18-19-20-25-22(3)21(2)23(4)26(24(25)5)30(27,28)29/h6-20H2,1-5H3,(H2,27,28,29). The van der Waals surface area contributed by atoms with Gasteiger partial charge in [-0.05, 0) is 68.4 Å². The third-order valence-electron chi connectivity index (χ3n) is 6.78. The Hall–Kier alpha value is -0.870. The monoisotopic (exact) mass is 437 g/mol. The van der Waals surface area contributed by atoms with Crippen molar-refractivity contribution in [2.75, 3.05) is 0 Å². The first kappa shape index (κ1) is 27.2. The summed E-state index contributed by atoms with van der Waals surface area (Å²) >= 11 is 0. The minimum Gasteiger partial charge on any atom is -0.225 e. The Morgan fingerprint density at radius 3 is 1.37 bits per heavy atom. The number of hydrogen-bond donors (Lipinski definition) is 1. The van der Waals surface area contributed by atoms with Crippen molar-refractivity contribution < 1.29 is 8.42 Å². The summed E-state index contributed by atoms with van der Waals surface area (Å²) in [5.74, 6) is 0. The fourth-order valence-corrected chi connectivity index (χ4v) is 5.81. The predicted molar refractivity (Wildman–Crippen MR) is 131 cm³/mol. The van der Waals surface area contributed by atoms with Gasteiger partial charge < -0.3 is 0 Å². The molecule has 1 aromatic rings. The van der Waals surface area contributed by atoms with Crippen LogP contribution in [0.5, 0.6) is 0 Å². The molecule has 30 heavy (non-hydrogen) atoms. The molecule has 0 fully saturated rings. The Balaban J connectivity index is 2.27. The van der Waals surface area contributed by atoms with E-state index in [0.717, 1.165) is 29.5 Å². The third kappa shape index (κ3) is 9.09. The van der Waals surface area contributed by atoms with Crippen LogP contribution in [0.15, 0.2) is 4.90 Å². The normalized spacial score (nSPS) is 11.9. The highest BCUT2D eigenvalue weighted by molar-refractivity contribution is 7.89. The zero-order valence-electron chi connectivity index (χ0n) is 20.4. The molecule has 4 heteroatoms. The summed E-state index contributed by atoms with van der Waals surface area (Å²) in [4.78, 5) is 0.339.